The number of nitrogens with one attached hydrogen (secondary N) is 2. The second-order valence-corrected chi connectivity index (χ2v) is 9.96. The highest BCUT2D eigenvalue weighted by Gasteiger charge is 2.29. The van der Waals surface area contributed by atoms with Gasteiger partial charge in [-0.1, -0.05) is 47.5 Å². The molecule has 2 heterocycles. The quantitative estimate of drug-likeness (QED) is 0.304. The third-order valence-corrected chi connectivity index (χ3v) is 7.35. The second-order valence-electron chi connectivity index (χ2n) is 9.11. The van der Waals surface area contributed by atoms with Crippen molar-refractivity contribution in [3.63, 3.8) is 0 Å². The van der Waals surface area contributed by atoms with Gasteiger partial charge in [0, 0.05) is 22.3 Å². The van der Waals surface area contributed by atoms with Crippen molar-refractivity contribution in [3.05, 3.63) is 97.5 Å². The van der Waals surface area contributed by atoms with Crippen LogP contribution in [0.3, 0.4) is 0 Å². The molecule has 5 rings (SSSR count). The van der Waals surface area contributed by atoms with Gasteiger partial charge in [0.05, 0.1) is 30.3 Å². The molecule has 1 aliphatic heterocycles. The predicted molar refractivity (Wildman–Crippen MR) is 145 cm³/mol. The fourth-order valence-electron chi connectivity index (χ4n) is 4.88. The number of hydrogen-bond donors (Lipinski definition) is 3. The van der Waals surface area contributed by atoms with E-state index < -0.39 is 11.4 Å². The van der Waals surface area contributed by atoms with E-state index in [1.165, 1.54) is 12.1 Å². The number of aromatic amines is 1. The molecule has 3 aromatic carbocycles. The molecule has 9 heteroatoms. The largest absolute Gasteiger partial charge is 0.392 e. The molecule has 1 unspecified atom stereocenters. The standard InChI is InChI=1S/C28H24Cl2FN3O3/c1-15-27-18(8-20(29)11-22(27)30)6-7-34(15)26(36)13-32-25-10-19-9-24(17-4-2-16(14-35)3-5-17)33-28(37)21(19)12-23(25)31/h2-5,8-12,15,32,35H,6-7,13-14H2,1H3,(H,33,37). The van der Waals surface area contributed by atoms with Crippen LogP contribution in [0, 0.1) is 5.82 Å². The predicted octanol–water partition coefficient (Wildman–Crippen LogP) is 5.69. The lowest BCUT2D eigenvalue weighted by molar-refractivity contribution is -0.131. The van der Waals surface area contributed by atoms with Crippen molar-refractivity contribution in [2.24, 2.45) is 0 Å². The summed E-state index contributed by atoms with van der Waals surface area (Å²) in [4.78, 5) is 30.2. The molecule has 0 bridgehead atoms. The van der Waals surface area contributed by atoms with Crippen LogP contribution in [0.2, 0.25) is 10.0 Å². The summed E-state index contributed by atoms with van der Waals surface area (Å²) in [5.74, 6) is -0.820. The number of carbonyl (C=O) groups excluding carboxylic acids is 1. The van der Waals surface area contributed by atoms with Crippen molar-refractivity contribution in [1.82, 2.24) is 9.88 Å². The number of aromatic nitrogens is 1. The van der Waals surface area contributed by atoms with E-state index in [9.17, 15) is 19.1 Å². The fourth-order valence-corrected chi connectivity index (χ4v) is 5.58. The highest BCUT2D eigenvalue weighted by atomic mass is 35.5. The molecule has 4 aromatic rings. The van der Waals surface area contributed by atoms with Crippen molar-refractivity contribution >= 4 is 45.6 Å². The van der Waals surface area contributed by atoms with E-state index in [1.54, 1.807) is 41.3 Å². The Bertz CT molecular complexity index is 1570. The zero-order valence-electron chi connectivity index (χ0n) is 19.9. The Hall–Kier alpha value is -3.39. The number of amides is 1. The Morgan fingerprint density at radius 1 is 1.16 bits per heavy atom. The molecule has 1 atom stereocenters. The molecule has 3 N–H and O–H groups in total. The molecule has 0 saturated heterocycles. The number of hydrogen-bond acceptors (Lipinski definition) is 4. The van der Waals surface area contributed by atoms with Gasteiger partial charge in [-0.2, -0.15) is 0 Å². The molecule has 0 radical (unpaired) electrons. The number of fused-ring (bicyclic) bond motifs is 2. The summed E-state index contributed by atoms with van der Waals surface area (Å²) in [6.07, 6.45) is 0.626. The zero-order valence-corrected chi connectivity index (χ0v) is 21.5. The minimum Gasteiger partial charge on any atom is -0.392 e. The third-order valence-electron chi connectivity index (χ3n) is 6.82. The number of pyridine rings is 1. The van der Waals surface area contributed by atoms with E-state index in [1.807, 2.05) is 13.0 Å². The van der Waals surface area contributed by atoms with Crippen LogP contribution in [0.25, 0.3) is 22.0 Å². The van der Waals surface area contributed by atoms with Crippen molar-refractivity contribution < 1.29 is 14.3 Å². The Labute approximate surface area is 222 Å². The number of rotatable bonds is 5. The third kappa shape index (κ3) is 4.94. The first-order valence-electron chi connectivity index (χ1n) is 11.8. The molecule has 0 spiro atoms. The number of anilines is 1. The van der Waals surface area contributed by atoms with Gasteiger partial charge in [-0.05, 0) is 71.3 Å². The minimum absolute atomic E-state index is 0.0777. The highest BCUT2D eigenvalue weighted by Crippen LogP contribution is 2.37. The molecule has 1 amide bonds. The zero-order chi connectivity index (χ0) is 26.3. The normalized spacial score (nSPS) is 15.1. The molecule has 0 aliphatic carbocycles. The Morgan fingerprint density at radius 2 is 1.92 bits per heavy atom. The maximum Gasteiger partial charge on any atom is 0.256 e. The first-order valence-corrected chi connectivity index (χ1v) is 12.6. The topological polar surface area (TPSA) is 85.4 Å². The van der Waals surface area contributed by atoms with Gasteiger partial charge in [0.2, 0.25) is 5.91 Å². The van der Waals surface area contributed by atoms with Crippen LogP contribution in [-0.2, 0) is 17.8 Å². The molecule has 1 aliphatic rings. The number of carbonyl (C=O) groups is 1. The molecule has 1 aromatic heterocycles. The summed E-state index contributed by atoms with van der Waals surface area (Å²) < 4.78 is 14.9. The van der Waals surface area contributed by atoms with E-state index in [-0.39, 0.29) is 36.2 Å². The SMILES string of the molecule is CC1c2c(Cl)cc(Cl)cc2CCN1C(=O)CNc1cc2cc(-c3ccc(CO)cc3)[nH]c(=O)c2cc1F. The lowest BCUT2D eigenvalue weighted by atomic mass is 9.93. The number of halogens is 3. The number of H-pyrrole nitrogens is 1. The monoisotopic (exact) mass is 539 g/mol. The summed E-state index contributed by atoms with van der Waals surface area (Å²) >= 11 is 12.5. The number of aliphatic hydroxyl groups is 1. The smallest absolute Gasteiger partial charge is 0.256 e. The van der Waals surface area contributed by atoms with Gasteiger partial charge in [-0.25, -0.2) is 4.39 Å². The first kappa shape index (κ1) is 25.3. The van der Waals surface area contributed by atoms with Crippen LogP contribution >= 0.6 is 23.2 Å². The minimum atomic E-state index is -0.624. The van der Waals surface area contributed by atoms with Crippen LogP contribution in [0.1, 0.15) is 29.7 Å². The van der Waals surface area contributed by atoms with Crippen molar-refractivity contribution in [2.45, 2.75) is 26.0 Å². The van der Waals surface area contributed by atoms with Crippen LogP contribution in [0.15, 0.2) is 59.4 Å². The Kier molecular flexibility index (Phi) is 6.94. The summed E-state index contributed by atoms with van der Waals surface area (Å²) in [5, 5.41) is 14.0. The summed E-state index contributed by atoms with van der Waals surface area (Å²) in [6, 6.07) is 14.9. The van der Waals surface area contributed by atoms with Crippen molar-refractivity contribution in [2.75, 3.05) is 18.4 Å². The van der Waals surface area contributed by atoms with Gasteiger partial charge in [-0.15, -0.1) is 0 Å². The first-order chi connectivity index (χ1) is 17.7. The van der Waals surface area contributed by atoms with Crippen LogP contribution in [-0.4, -0.2) is 34.0 Å². The molecule has 37 heavy (non-hydrogen) atoms. The van der Waals surface area contributed by atoms with Gasteiger partial charge < -0.3 is 20.3 Å². The van der Waals surface area contributed by atoms with Crippen LogP contribution in [0.5, 0.6) is 0 Å². The van der Waals surface area contributed by atoms with E-state index >= 15 is 0 Å². The average Bonchev–Trinajstić information content (AvgIpc) is 2.87. The number of aliphatic hydroxyl groups excluding tert-OH is 1. The summed E-state index contributed by atoms with van der Waals surface area (Å²) in [5.41, 5.74) is 3.68. The van der Waals surface area contributed by atoms with Gasteiger partial charge in [0.25, 0.3) is 5.56 Å². The lowest BCUT2D eigenvalue weighted by Crippen LogP contribution is -2.42. The van der Waals surface area contributed by atoms with Gasteiger partial charge >= 0.3 is 0 Å². The Morgan fingerprint density at radius 3 is 2.65 bits per heavy atom. The van der Waals surface area contributed by atoms with Gasteiger partial charge in [-0.3, -0.25) is 9.59 Å². The van der Waals surface area contributed by atoms with E-state index in [4.69, 9.17) is 23.2 Å². The van der Waals surface area contributed by atoms with E-state index in [2.05, 4.69) is 10.3 Å². The maximum atomic E-state index is 14.9. The summed E-state index contributed by atoms with van der Waals surface area (Å²) in [6.45, 7) is 2.21. The molecular formula is C28H24Cl2FN3O3. The van der Waals surface area contributed by atoms with Crippen molar-refractivity contribution in [1.29, 1.82) is 0 Å². The van der Waals surface area contributed by atoms with E-state index in [0.29, 0.717) is 34.1 Å². The van der Waals surface area contributed by atoms with Gasteiger partial charge in [0.15, 0.2) is 0 Å². The van der Waals surface area contributed by atoms with Crippen LogP contribution < -0.4 is 10.9 Å². The molecule has 0 saturated carbocycles. The lowest BCUT2D eigenvalue weighted by Gasteiger charge is -2.36. The Balaban J connectivity index is 1.37. The molecule has 190 valence electrons. The fraction of sp³-hybridized carbons (Fsp3) is 0.214. The van der Waals surface area contributed by atoms with Crippen molar-refractivity contribution in [3.8, 4) is 11.3 Å². The molecule has 0 fully saturated rings. The van der Waals surface area contributed by atoms with Crippen LogP contribution in [0.4, 0.5) is 10.1 Å². The molecule has 6 nitrogen and oxygen atoms in total. The maximum absolute atomic E-state index is 14.9. The van der Waals surface area contributed by atoms with E-state index in [0.717, 1.165) is 22.3 Å². The highest BCUT2D eigenvalue weighted by molar-refractivity contribution is 6.35. The number of benzene rings is 3. The van der Waals surface area contributed by atoms with Gasteiger partial charge in [0.1, 0.15) is 5.82 Å². The molecular weight excluding hydrogens is 516 g/mol. The number of nitrogens with zero attached hydrogens (tertiary/aromatic N) is 1. The average molecular weight is 540 g/mol. The second kappa shape index (κ2) is 10.2. The summed E-state index contributed by atoms with van der Waals surface area (Å²) in [7, 11) is 0.